The molecular weight excluding hydrogens is 274 g/mol. The van der Waals surface area contributed by atoms with Gasteiger partial charge in [0, 0.05) is 41.3 Å². The number of aliphatic hydroxyl groups excluding tert-OH is 1. The average Bonchev–Trinajstić information content (AvgIpc) is 2.44. The lowest BCUT2D eigenvalue weighted by Crippen LogP contribution is -2.26. The van der Waals surface area contributed by atoms with Gasteiger partial charge in [0.25, 0.3) is 5.91 Å². The van der Waals surface area contributed by atoms with Crippen LogP contribution in [0.5, 0.6) is 0 Å². The number of nitrogens with one attached hydrogen (secondary N) is 1. The summed E-state index contributed by atoms with van der Waals surface area (Å²) in [5, 5.41) is 11.5. The van der Waals surface area contributed by atoms with E-state index in [0.29, 0.717) is 36.3 Å². The van der Waals surface area contributed by atoms with Crippen LogP contribution in [0.3, 0.4) is 0 Å². The molecule has 0 saturated heterocycles. The van der Waals surface area contributed by atoms with Gasteiger partial charge in [-0.15, -0.1) is 0 Å². The molecule has 1 atom stereocenters. The number of aliphatic hydroxyl groups is 1. The highest BCUT2D eigenvalue weighted by molar-refractivity contribution is 7.84. The van der Waals surface area contributed by atoms with Crippen LogP contribution in [0.1, 0.15) is 28.8 Å². The van der Waals surface area contributed by atoms with Crippen LogP contribution < -0.4 is 5.32 Å². The molecule has 0 spiro atoms. The van der Waals surface area contributed by atoms with Crippen molar-refractivity contribution in [3.8, 4) is 11.8 Å². The van der Waals surface area contributed by atoms with E-state index < -0.39 is 10.8 Å². The molecule has 0 fully saturated rings. The summed E-state index contributed by atoms with van der Waals surface area (Å²) < 4.78 is 10.9. The number of hydrogen-bond acceptors (Lipinski definition) is 3. The zero-order valence-corrected chi connectivity index (χ0v) is 12.3. The van der Waals surface area contributed by atoms with Crippen molar-refractivity contribution in [2.45, 2.75) is 12.8 Å². The summed E-state index contributed by atoms with van der Waals surface area (Å²) >= 11 is 0. The largest absolute Gasteiger partial charge is 0.395 e. The predicted molar refractivity (Wildman–Crippen MR) is 80.9 cm³/mol. The Morgan fingerprint density at radius 1 is 1.40 bits per heavy atom. The van der Waals surface area contributed by atoms with Gasteiger partial charge >= 0.3 is 0 Å². The van der Waals surface area contributed by atoms with Crippen molar-refractivity contribution in [1.29, 1.82) is 0 Å². The predicted octanol–water partition coefficient (Wildman–Crippen LogP) is 0.919. The lowest BCUT2D eigenvalue weighted by Gasteiger charge is -2.06. The van der Waals surface area contributed by atoms with Gasteiger partial charge in [-0.1, -0.05) is 24.0 Å². The highest BCUT2D eigenvalue weighted by Crippen LogP contribution is 2.07. The average molecular weight is 293 g/mol. The van der Waals surface area contributed by atoms with Crippen molar-refractivity contribution in [1.82, 2.24) is 5.32 Å². The minimum Gasteiger partial charge on any atom is -0.395 e. The third-order valence-corrected chi connectivity index (χ3v) is 3.39. The second-order valence-corrected chi connectivity index (χ2v) is 5.76. The van der Waals surface area contributed by atoms with Crippen LogP contribution in [0.15, 0.2) is 24.3 Å². The minimum atomic E-state index is -0.832. The molecule has 1 aromatic carbocycles. The normalized spacial score (nSPS) is 11.3. The van der Waals surface area contributed by atoms with Crippen molar-refractivity contribution >= 4 is 16.7 Å². The lowest BCUT2D eigenvalue weighted by atomic mass is 10.1. The highest BCUT2D eigenvalue weighted by atomic mass is 32.2. The number of hydrogen-bond donors (Lipinski definition) is 2. The fourth-order valence-electron chi connectivity index (χ4n) is 1.58. The van der Waals surface area contributed by atoms with Crippen LogP contribution in [0, 0.1) is 11.8 Å². The molecule has 4 nitrogen and oxygen atoms in total. The van der Waals surface area contributed by atoms with E-state index in [1.807, 2.05) is 6.07 Å². The summed E-state index contributed by atoms with van der Waals surface area (Å²) in [7, 11) is -0.832. The first-order valence-electron chi connectivity index (χ1n) is 6.42. The maximum atomic E-state index is 12.0. The topological polar surface area (TPSA) is 66.4 Å². The van der Waals surface area contributed by atoms with E-state index in [1.165, 1.54) is 0 Å². The summed E-state index contributed by atoms with van der Waals surface area (Å²) in [4.78, 5) is 12.0. The molecule has 0 saturated carbocycles. The van der Waals surface area contributed by atoms with Gasteiger partial charge in [-0.2, -0.15) is 0 Å². The summed E-state index contributed by atoms with van der Waals surface area (Å²) in [6, 6.07) is 7.10. The van der Waals surface area contributed by atoms with E-state index >= 15 is 0 Å². The lowest BCUT2D eigenvalue weighted by molar-refractivity contribution is 0.0953. The summed E-state index contributed by atoms with van der Waals surface area (Å²) in [5.74, 6) is 6.09. The quantitative estimate of drug-likeness (QED) is 0.605. The fourth-order valence-corrected chi connectivity index (χ4v) is 2.13. The van der Waals surface area contributed by atoms with Crippen molar-refractivity contribution in [2.24, 2.45) is 0 Å². The Hall–Kier alpha value is -1.64. The standard InChI is InChI=1S/C15H19NO3S/c1-20(19)12-6-10-16-15(18)14-9-3-2-7-13(14)8-4-5-11-17/h2-3,7,9,17H,5-6,10-12H2,1H3,(H,16,18). The first-order chi connectivity index (χ1) is 9.65. The molecule has 0 aliphatic heterocycles. The number of amides is 1. The molecule has 0 aliphatic carbocycles. The van der Waals surface area contributed by atoms with Gasteiger partial charge in [-0.05, 0) is 18.6 Å². The monoisotopic (exact) mass is 293 g/mol. The Balaban J connectivity index is 2.64. The minimum absolute atomic E-state index is 0.00945. The first kappa shape index (κ1) is 16.4. The van der Waals surface area contributed by atoms with Crippen molar-refractivity contribution in [3.63, 3.8) is 0 Å². The molecule has 108 valence electrons. The second kappa shape index (κ2) is 9.29. The van der Waals surface area contributed by atoms with Gasteiger partial charge < -0.3 is 10.4 Å². The van der Waals surface area contributed by atoms with Gasteiger partial charge in [-0.3, -0.25) is 9.00 Å². The fraction of sp³-hybridized carbons (Fsp3) is 0.400. The van der Waals surface area contributed by atoms with E-state index in [-0.39, 0.29) is 12.5 Å². The molecule has 0 radical (unpaired) electrons. The Morgan fingerprint density at radius 2 is 2.15 bits per heavy atom. The van der Waals surface area contributed by atoms with E-state index in [4.69, 9.17) is 5.11 Å². The molecule has 1 rings (SSSR count). The van der Waals surface area contributed by atoms with E-state index in [0.717, 1.165) is 0 Å². The third-order valence-electron chi connectivity index (χ3n) is 2.53. The Morgan fingerprint density at radius 3 is 2.85 bits per heavy atom. The molecule has 2 N–H and O–H groups in total. The maximum Gasteiger partial charge on any atom is 0.252 e. The van der Waals surface area contributed by atoms with Crippen LogP contribution in [0.2, 0.25) is 0 Å². The third kappa shape index (κ3) is 6.00. The van der Waals surface area contributed by atoms with E-state index in [1.54, 1.807) is 24.5 Å². The highest BCUT2D eigenvalue weighted by Gasteiger charge is 2.08. The molecule has 0 aromatic heterocycles. The number of rotatable bonds is 6. The van der Waals surface area contributed by atoms with Gasteiger partial charge in [0.05, 0.1) is 12.2 Å². The number of carbonyl (C=O) groups is 1. The van der Waals surface area contributed by atoms with Crippen LogP contribution >= 0.6 is 0 Å². The smallest absolute Gasteiger partial charge is 0.252 e. The maximum absolute atomic E-state index is 12.0. The first-order valence-corrected chi connectivity index (χ1v) is 8.15. The van der Waals surface area contributed by atoms with E-state index in [2.05, 4.69) is 17.2 Å². The molecule has 0 aliphatic rings. The summed E-state index contributed by atoms with van der Waals surface area (Å²) in [6.07, 6.45) is 2.72. The summed E-state index contributed by atoms with van der Waals surface area (Å²) in [6.45, 7) is 0.506. The Kier molecular flexibility index (Phi) is 7.63. The number of carbonyl (C=O) groups excluding carboxylic acids is 1. The SMILES string of the molecule is CS(=O)CCCNC(=O)c1ccccc1C#CCCO. The molecule has 20 heavy (non-hydrogen) atoms. The molecule has 5 heteroatoms. The van der Waals surface area contributed by atoms with Gasteiger partial charge in [0.1, 0.15) is 0 Å². The van der Waals surface area contributed by atoms with Crippen molar-refractivity contribution in [2.75, 3.05) is 25.2 Å². The zero-order valence-electron chi connectivity index (χ0n) is 11.5. The van der Waals surface area contributed by atoms with Crippen LogP contribution in [0.25, 0.3) is 0 Å². The Labute approximate surface area is 122 Å². The van der Waals surface area contributed by atoms with E-state index in [9.17, 15) is 9.00 Å². The van der Waals surface area contributed by atoms with Gasteiger partial charge in [0.2, 0.25) is 0 Å². The Bertz CT molecular complexity index is 531. The van der Waals surface area contributed by atoms with Crippen LogP contribution in [-0.4, -0.2) is 40.4 Å². The molecule has 1 amide bonds. The van der Waals surface area contributed by atoms with Crippen molar-refractivity contribution in [3.05, 3.63) is 35.4 Å². The van der Waals surface area contributed by atoms with Gasteiger partial charge in [0.15, 0.2) is 0 Å². The van der Waals surface area contributed by atoms with Gasteiger partial charge in [-0.25, -0.2) is 0 Å². The molecule has 0 bridgehead atoms. The molecule has 0 heterocycles. The van der Waals surface area contributed by atoms with Crippen LogP contribution in [-0.2, 0) is 10.8 Å². The zero-order chi connectivity index (χ0) is 14.8. The molecule has 1 unspecified atom stereocenters. The number of benzene rings is 1. The molecular formula is C15H19NO3S. The second-order valence-electron chi connectivity index (χ2n) is 4.21. The summed E-state index contributed by atoms with van der Waals surface area (Å²) in [5.41, 5.74) is 1.17. The van der Waals surface area contributed by atoms with Crippen molar-refractivity contribution < 1.29 is 14.1 Å². The molecule has 1 aromatic rings. The van der Waals surface area contributed by atoms with Crippen LogP contribution in [0.4, 0.5) is 0 Å².